The molecule has 0 aromatic carbocycles. The molecule has 0 spiro atoms. The second-order valence-corrected chi connectivity index (χ2v) is 3.10. The maximum atomic E-state index is 10.8. The van der Waals surface area contributed by atoms with Crippen LogP contribution in [0.25, 0.3) is 5.82 Å². The maximum Gasteiger partial charge on any atom is 0.356 e. The quantitative estimate of drug-likeness (QED) is 0.798. The van der Waals surface area contributed by atoms with E-state index in [0.717, 1.165) is 0 Å². The van der Waals surface area contributed by atoms with E-state index >= 15 is 0 Å². The van der Waals surface area contributed by atoms with E-state index in [-0.39, 0.29) is 5.69 Å². The molecule has 0 aliphatic carbocycles. The first-order valence-corrected chi connectivity index (χ1v) is 4.39. The molecule has 5 nitrogen and oxygen atoms in total. The standard InChI is InChI=1S/C10H9N3O2/c1-7-6-13(12-9(7)10(14)15)8-4-2-3-5-11-8/h2-6H,1H3,(H,14,15). The zero-order valence-corrected chi connectivity index (χ0v) is 8.08. The van der Waals surface area contributed by atoms with E-state index in [0.29, 0.717) is 11.4 Å². The van der Waals surface area contributed by atoms with Crippen LogP contribution in [0.5, 0.6) is 0 Å². The van der Waals surface area contributed by atoms with Crippen LogP contribution in [0.3, 0.4) is 0 Å². The molecule has 1 N–H and O–H groups in total. The van der Waals surface area contributed by atoms with Crippen molar-refractivity contribution in [3.8, 4) is 5.82 Å². The topological polar surface area (TPSA) is 68.0 Å². The van der Waals surface area contributed by atoms with Crippen LogP contribution in [0, 0.1) is 6.92 Å². The summed E-state index contributed by atoms with van der Waals surface area (Å²) in [6.45, 7) is 1.70. The summed E-state index contributed by atoms with van der Waals surface area (Å²) in [4.78, 5) is 14.8. The van der Waals surface area contributed by atoms with Crippen LogP contribution >= 0.6 is 0 Å². The summed E-state index contributed by atoms with van der Waals surface area (Å²) in [5.41, 5.74) is 0.675. The Morgan fingerprint density at radius 1 is 1.47 bits per heavy atom. The minimum absolute atomic E-state index is 0.0562. The highest BCUT2D eigenvalue weighted by atomic mass is 16.4. The summed E-state index contributed by atoms with van der Waals surface area (Å²) < 4.78 is 1.46. The summed E-state index contributed by atoms with van der Waals surface area (Å²) in [6, 6.07) is 5.37. The fraction of sp³-hybridized carbons (Fsp3) is 0.100. The predicted molar refractivity (Wildman–Crippen MR) is 53.1 cm³/mol. The average molecular weight is 203 g/mol. The van der Waals surface area contributed by atoms with Gasteiger partial charge in [-0.15, -0.1) is 0 Å². The van der Waals surface area contributed by atoms with Crippen molar-refractivity contribution < 1.29 is 9.90 Å². The third kappa shape index (κ3) is 1.71. The van der Waals surface area contributed by atoms with Gasteiger partial charge in [-0.3, -0.25) is 0 Å². The number of hydrogen-bond donors (Lipinski definition) is 1. The average Bonchev–Trinajstić information content (AvgIpc) is 2.62. The largest absolute Gasteiger partial charge is 0.476 e. The van der Waals surface area contributed by atoms with Crippen LogP contribution in [0.2, 0.25) is 0 Å². The Morgan fingerprint density at radius 2 is 2.27 bits per heavy atom. The van der Waals surface area contributed by atoms with E-state index in [2.05, 4.69) is 10.1 Å². The number of nitrogens with zero attached hydrogens (tertiary/aromatic N) is 3. The van der Waals surface area contributed by atoms with Gasteiger partial charge < -0.3 is 5.11 Å². The van der Waals surface area contributed by atoms with Gasteiger partial charge in [-0.2, -0.15) is 5.10 Å². The van der Waals surface area contributed by atoms with Gasteiger partial charge in [-0.25, -0.2) is 14.5 Å². The van der Waals surface area contributed by atoms with Gasteiger partial charge in [0, 0.05) is 18.0 Å². The molecule has 0 aliphatic heterocycles. The fourth-order valence-corrected chi connectivity index (χ4v) is 1.28. The zero-order valence-electron chi connectivity index (χ0n) is 8.08. The maximum absolute atomic E-state index is 10.8. The van der Waals surface area contributed by atoms with Crippen LogP contribution in [0.15, 0.2) is 30.6 Å². The van der Waals surface area contributed by atoms with Crippen LogP contribution in [-0.2, 0) is 0 Å². The summed E-state index contributed by atoms with van der Waals surface area (Å²) >= 11 is 0. The molecule has 2 rings (SSSR count). The molecule has 0 radical (unpaired) electrons. The molecule has 2 aromatic rings. The first-order valence-electron chi connectivity index (χ1n) is 4.39. The van der Waals surface area contributed by atoms with E-state index in [1.807, 2.05) is 6.07 Å². The Kier molecular flexibility index (Phi) is 2.21. The molecule has 2 aromatic heterocycles. The van der Waals surface area contributed by atoms with Crippen molar-refractivity contribution in [1.82, 2.24) is 14.8 Å². The summed E-state index contributed by atoms with van der Waals surface area (Å²) in [5, 5.41) is 12.8. The Labute approximate surface area is 86.0 Å². The smallest absolute Gasteiger partial charge is 0.356 e. The molecule has 15 heavy (non-hydrogen) atoms. The zero-order chi connectivity index (χ0) is 10.8. The number of aryl methyl sites for hydroxylation is 1. The molecular formula is C10H9N3O2. The summed E-state index contributed by atoms with van der Waals surface area (Å²) in [5.74, 6) is -0.421. The predicted octanol–water partition coefficient (Wildman–Crippen LogP) is 1.27. The second-order valence-electron chi connectivity index (χ2n) is 3.10. The van der Waals surface area contributed by atoms with Gasteiger partial charge in [0.15, 0.2) is 11.5 Å². The molecule has 0 unspecified atom stereocenters. The van der Waals surface area contributed by atoms with Crippen molar-refractivity contribution in [2.75, 3.05) is 0 Å². The Morgan fingerprint density at radius 3 is 2.80 bits per heavy atom. The number of aromatic carboxylic acids is 1. The van der Waals surface area contributed by atoms with Gasteiger partial charge in [0.1, 0.15) is 0 Å². The van der Waals surface area contributed by atoms with E-state index < -0.39 is 5.97 Å². The van der Waals surface area contributed by atoms with Crippen LogP contribution in [0.1, 0.15) is 16.1 Å². The number of carboxylic acids is 1. The molecule has 0 atom stereocenters. The monoisotopic (exact) mass is 203 g/mol. The molecule has 2 heterocycles. The highest BCUT2D eigenvalue weighted by molar-refractivity contribution is 5.86. The number of aromatic nitrogens is 3. The van der Waals surface area contributed by atoms with Crippen molar-refractivity contribution in [2.24, 2.45) is 0 Å². The third-order valence-corrected chi connectivity index (χ3v) is 1.98. The molecule has 0 aliphatic rings. The number of carbonyl (C=O) groups is 1. The van der Waals surface area contributed by atoms with Crippen LogP contribution in [-0.4, -0.2) is 25.8 Å². The van der Waals surface area contributed by atoms with Crippen molar-refractivity contribution in [2.45, 2.75) is 6.92 Å². The molecule has 0 saturated heterocycles. The molecular weight excluding hydrogens is 194 g/mol. The first kappa shape index (κ1) is 9.39. The van der Waals surface area contributed by atoms with Crippen molar-refractivity contribution in [3.63, 3.8) is 0 Å². The lowest BCUT2D eigenvalue weighted by Gasteiger charge is -1.97. The number of rotatable bonds is 2. The lowest BCUT2D eigenvalue weighted by Crippen LogP contribution is -2.02. The van der Waals surface area contributed by atoms with Gasteiger partial charge in [-0.05, 0) is 19.1 Å². The normalized spacial score (nSPS) is 10.2. The van der Waals surface area contributed by atoms with Gasteiger partial charge in [0.25, 0.3) is 0 Å². The highest BCUT2D eigenvalue weighted by Gasteiger charge is 2.12. The molecule has 5 heteroatoms. The number of hydrogen-bond acceptors (Lipinski definition) is 3. The minimum atomic E-state index is -1.03. The lowest BCUT2D eigenvalue weighted by atomic mass is 10.3. The minimum Gasteiger partial charge on any atom is -0.476 e. The van der Waals surface area contributed by atoms with Gasteiger partial charge in [0.2, 0.25) is 0 Å². The fourth-order valence-electron chi connectivity index (χ4n) is 1.28. The van der Waals surface area contributed by atoms with E-state index in [9.17, 15) is 4.79 Å². The molecule has 0 bridgehead atoms. The lowest BCUT2D eigenvalue weighted by molar-refractivity contribution is 0.0689. The van der Waals surface area contributed by atoms with Crippen molar-refractivity contribution in [1.29, 1.82) is 0 Å². The van der Waals surface area contributed by atoms with Gasteiger partial charge in [-0.1, -0.05) is 6.07 Å². The van der Waals surface area contributed by atoms with E-state index in [4.69, 9.17) is 5.11 Å². The molecule has 0 saturated carbocycles. The van der Waals surface area contributed by atoms with Gasteiger partial charge >= 0.3 is 5.97 Å². The Hall–Kier alpha value is -2.17. The van der Waals surface area contributed by atoms with Gasteiger partial charge in [0.05, 0.1) is 0 Å². The first-order chi connectivity index (χ1) is 7.18. The molecule has 0 amide bonds. The summed E-state index contributed by atoms with van der Waals surface area (Å²) in [7, 11) is 0. The number of carboxylic acid groups (broad SMARTS) is 1. The Bertz CT molecular complexity index is 491. The highest BCUT2D eigenvalue weighted by Crippen LogP contribution is 2.09. The Balaban J connectivity index is 2.48. The molecule has 0 fully saturated rings. The second kappa shape index (κ2) is 3.53. The van der Waals surface area contributed by atoms with E-state index in [1.165, 1.54) is 4.68 Å². The number of pyridine rings is 1. The van der Waals surface area contributed by atoms with Crippen LogP contribution in [0.4, 0.5) is 0 Å². The van der Waals surface area contributed by atoms with Crippen molar-refractivity contribution in [3.05, 3.63) is 41.9 Å². The van der Waals surface area contributed by atoms with E-state index in [1.54, 1.807) is 31.5 Å². The molecule has 76 valence electrons. The third-order valence-electron chi connectivity index (χ3n) is 1.98. The van der Waals surface area contributed by atoms with Crippen LogP contribution < -0.4 is 0 Å². The summed E-state index contributed by atoms with van der Waals surface area (Å²) in [6.07, 6.45) is 3.28. The SMILES string of the molecule is Cc1cn(-c2ccccn2)nc1C(=O)O. The van der Waals surface area contributed by atoms with Crippen molar-refractivity contribution >= 4 is 5.97 Å².